The highest BCUT2D eigenvalue weighted by Gasteiger charge is 2.32. The van der Waals surface area contributed by atoms with Crippen molar-refractivity contribution in [2.24, 2.45) is 5.92 Å². The van der Waals surface area contributed by atoms with Crippen molar-refractivity contribution in [2.45, 2.75) is 32.4 Å². The normalized spacial score (nSPS) is 25.0. The Morgan fingerprint density at radius 2 is 2.11 bits per heavy atom. The Bertz CT molecular complexity index is 418. The van der Waals surface area contributed by atoms with Crippen LogP contribution >= 0.6 is 22.6 Å². The number of hydrogen-bond donors (Lipinski definition) is 1. The third-order valence-electron chi connectivity index (χ3n) is 3.73. The van der Waals surface area contributed by atoms with Crippen molar-refractivity contribution < 1.29 is 9.90 Å². The molecule has 1 fully saturated rings. The van der Waals surface area contributed by atoms with Crippen molar-refractivity contribution in [2.75, 3.05) is 6.54 Å². The molecule has 2 rings (SSSR count). The van der Waals surface area contributed by atoms with E-state index < -0.39 is 5.97 Å². The van der Waals surface area contributed by atoms with Gasteiger partial charge in [0, 0.05) is 16.2 Å². The smallest absolute Gasteiger partial charge is 0.308 e. The lowest BCUT2D eigenvalue weighted by Gasteiger charge is -2.37. The Morgan fingerprint density at radius 3 is 2.72 bits per heavy atom. The van der Waals surface area contributed by atoms with Crippen LogP contribution in [0.3, 0.4) is 0 Å². The zero-order chi connectivity index (χ0) is 13.1. The minimum Gasteiger partial charge on any atom is -0.481 e. The third-order valence-corrected chi connectivity index (χ3v) is 4.45. The summed E-state index contributed by atoms with van der Waals surface area (Å²) in [7, 11) is 0. The van der Waals surface area contributed by atoms with Crippen molar-refractivity contribution in [3.8, 4) is 0 Å². The molecule has 1 saturated heterocycles. The first-order valence-corrected chi connectivity index (χ1v) is 7.37. The summed E-state index contributed by atoms with van der Waals surface area (Å²) in [4.78, 5) is 13.5. The molecule has 1 N–H and O–H groups in total. The van der Waals surface area contributed by atoms with E-state index in [0.717, 1.165) is 25.9 Å². The Balaban J connectivity index is 2.04. The molecule has 4 heteroatoms. The maximum atomic E-state index is 11.2. The zero-order valence-corrected chi connectivity index (χ0v) is 12.6. The Kier molecular flexibility index (Phi) is 4.61. The number of halogens is 1. The standard InChI is InChI=1S/C14H18INO2/c1-10-13(14(17)18)3-2-8-16(10)9-11-4-6-12(15)7-5-11/h4-7,10,13H,2-3,8-9H2,1H3,(H,17,18)/t10-,13-/m1/s1. The lowest BCUT2D eigenvalue weighted by Crippen LogP contribution is -2.45. The number of aliphatic carboxylic acids is 1. The van der Waals surface area contributed by atoms with E-state index in [1.807, 2.05) is 6.92 Å². The minimum atomic E-state index is -0.658. The molecule has 2 atom stereocenters. The fraction of sp³-hybridized carbons (Fsp3) is 0.500. The van der Waals surface area contributed by atoms with Crippen LogP contribution in [0.1, 0.15) is 25.3 Å². The molecule has 0 radical (unpaired) electrons. The molecule has 0 saturated carbocycles. The van der Waals surface area contributed by atoms with E-state index in [2.05, 4.69) is 51.8 Å². The molecule has 0 bridgehead atoms. The first-order chi connectivity index (χ1) is 8.58. The number of carboxylic acids is 1. The van der Waals surface area contributed by atoms with Gasteiger partial charge in [-0.1, -0.05) is 12.1 Å². The Hall–Kier alpha value is -0.620. The van der Waals surface area contributed by atoms with Crippen LogP contribution in [0.25, 0.3) is 0 Å². The summed E-state index contributed by atoms with van der Waals surface area (Å²) in [5, 5.41) is 9.20. The van der Waals surface area contributed by atoms with Crippen LogP contribution in [0.5, 0.6) is 0 Å². The van der Waals surface area contributed by atoms with Gasteiger partial charge in [0.15, 0.2) is 0 Å². The number of carbonyl (C=O) groups is 1. The van der Waals surface area contributed by atoms with Crippen LogP contribution in [0, 0.1) is 9.49 Å². The number of rotatable bonds is 3. The van der Waals surface area contributed by atoms with Crippen molar-refractivity contribution in [3.63, 3.8) is 0 Å². The van der Waals surface area contributed by atoms with Gasteiger partial charge in [-0.2, -0.15) is 0 Å². The summed E-state index contributed by atoms with van der Waals surface area (Å²) in [6.45, 7) is 3.88. The van der Waals surface area contributed by atoms with Crippen molar-refractivity contribution in [1.82, 2.24) is 4.90 Å². The molecular formula is C14H18INO2. The largest absolute Gasteiger partial charge is 0.481 e. The number of carboxylic acid groups (broad SMARTS) is 1. The number of nitrogens with zero attached hydrogens (tertiary/aromatic N) is 1. The molecule has 1 heterocycles. The van der Waals surface area contributed by atoms with E-state index in [1.165, 1.54) is 9.13 Å². The highest BCUT2D eigenvalue weighted by Crippen LogP contribution is 2.25. The summed E-state index contributed by atoms with van der Waals surface area (Å²) in [5.41, 5.74) is 1.26. The van der Waals surface area contributed by atoms with E-state index in [0.29, 0.717) is 0 Å². The molecule has 1 aliphatic heterocycles. The van der Waals surface area contributed by atoms with E-state index in [9.17, 15) is 9.90 Å². The summed E-state index contributed by atoms with van der Waals surface area (Å²) in [5.74, 6) is -0.877. The molecule has 0 unspecified atom stereocenters. The molecule has 3 nitrogen and oxygen atoms in total. The number of likely N-dealkylation sites (tertiary alicyclic amines) is 1. The molecule has 0 aliphatic carbocycles. The topological polar surface area (TPSA) is 40.5 Å². The number of benzene rings is 1. The van der Waals surface area contributed by atoms with Gasteiger partial charge in [0.05, 0.1) is 5.92 Å². The Morgan fingerprint density at radius 1 is 1.44 bits per heavy atom. The van der Waals surface area contributed by atoms with Crippen molar-refractivity contribution >= 4 is 28.6 Å². The first-order valence-electron chi connectivity index (χ1n) is 6.29. The van der Waals surface area contributed by atoms with Crippen LogP contribution in [0.4, 0.5) is 0 Å². The molecule has 1 aliphatic rings. The molecule has 18 heavy (non-hydrogen) atoms. The van der Waals surface area contributed by atoms with Gasteiger partial charge in [-0.3, -0.25) is 9.69 Å². The van der Waals surface area contributed by atoms with Gasteiger partial charge in [-0.25, -0.2) is 0 Å². The van der Waals surface area contributed by atoms with Crippen molar-refractivity contribution in [3.05, 3.63) is 33.4 Å². The number of hydrogen-bond acceptors (Lipinski definition) is 2. The van der Waals surface area contributed by atoms with Gasteiger partial charge in [-0.15, -0.1) is 0 Å². The molecule has 0 spiro atoms. The molecule has 98 valence electrons. The lowest BCUT2D eigenvalue weighted by atomic mass is 9.90. The fourth-order valence-corrected chi connectivity index (χ4v) is 2.95. The molecule has 1 aromatic carbocycles. The second-order valence-electron chi connectivity index (χ2n) is 4.92. The van der Waals surface area contributed by atoms with Gasteiger partial charge < -0.3 is 5.11 Å². The van der Waals surface area contributed by atoms with Gasteiger partial charge >= 0.3 is 5.97 Å². The summed E-state index contributed by atoms with van der Waals surface area (Å²) >= 11 is 2.29. The zero-order valence-electron chi connectivity index (χ0n) is 10.5. The summed E-state index contributed by atoms with van der Waals surface area (Å²) in [6, 6.07) is 8.56. The van der Waals surface area contributed by atoms with E-state index in [-0.39, 0.29) is 12.0 Å². The fourth-order valence-electron chi connectivity index (χ4n) is 2.59. The molecular weight excluding hydrogens is 341 g/mol. The van der Waals surface area contributed by atoms with Crippen LogP contribution in [-0.2, 0) is 11.3 Å². The SMILES string of the molecule is C[C@@H]1[C@H](C(=O)O)CCCN1Cc1ccc(I)cc1. The van der Waals surface area contributed by atoms with Crippen LogP contribution in [-0.4, -0.2) is 28.6 Å². The van der Waals surface area contributed by atoms with Gasteiger partial charge in [0.2, 0.25) is 0 Å². The predicted molar refractivity (Wildman–Crippen MR) is 79.4 cm³/mol. The average Bonchev–Trinajstić information content (AvgIpc) is 2.34. The van der Waals surface area contributed by atoms with Crippen LogP contribution in [0.2, 0.25) is 0 Å². The van der Waals surface area contributed by atoms with E-state index >= 15 is 0 Å². The highest BCUT2D eigenvalue weighted by atomic mass is 127. The Labute approximate surface area is 121 Å². The third kappa shape index (κ3) is 3.23. The average molecular weight is 359 g/mol. The quantitative estimate of drug-likeness (QED) is 0.844. The summed E-state index contributed by atoms with van der Waals surface area (Å²) in [6.07, 6.45) is 1.78. The maximum Gasteiger partial charge on any atom is 0.308 e. The highest BCUT2D eigenvalue weighted by molar-refractivity contribution is 14.1. The van der Waals surface area contributed by atoms with Gasteiger partial charge in [-0.05, 0) is 66.6 Å². The number of piperidine rings is 1. The minimum absolute atomic E-state index is 0.121. The monoisotopic (exact) mass is 359 g/mol. The van der Waals surface area contributed by atoms with Crippen molar-refractivity contribution in [1.29, 1.82) is 0 Å². The van der Waals surface area contributed by atoms with Gasteiger partial charge in [0.25, 0.3) is 0 Å². The lowest BCUT2D eigenvalue weighted by molar-refractivity contribution is -0.145. The second-order valence-corrected chi connectivity index (χ2v) is 6.17. The van der Waals surface area contributed by atoms with E-state index in [4.69, 9.17) is 0 Å². The van der Waals surface area contributed by atoms with Gasteiger partial charge in [0.1, 0.15) is 0 Å². The molecule has 1 aromatic rings. The predicted octanol–water partition coefficient (Wildman–Crippen LogP) is 2.98. The molecule has 0 amide bonds. The maximum absolute atomic E-state index is 11.2. The first kappa shape index (κ1) is 13.8. The van der Waals surface area contributed by atoms with Crippen LogP contribution in [0.15, 0.2) is 24.3 Å². The second kappa shape index (κ2) is 6.02. The molecule has 0 aromatic heterocycles. The van der Waals surface area contributed by atoms with E-state index in [1.54, 1.807) is 0 Å². The summed E-state index contributed by atoms with van der Waals surface area (Å²) < 4.78 is 1.23. The van der Waals surface area contributed by atoms with Crippen LogP contribution < -0.4 is 0 Å².